The molecule has 0 radical (unpaired) electrons. The molecule has 178 valence electrons. The lowest BCUT2D eigenvalue weighted by molar-refractivity contribution is -0.302. The molecule has 4 rings (SSSR count). The van der Waals surface area contributed by atoms with Crippen LogP contribution in [0, 0.1) is 0 Å². The van der Waals surface area contributed by atoms with E-state index in [1.165, 1.54) is 4.90 Å². The van der Waals surface area contributed by atoms with E-state index < -0.39 is 28.9 Å². The van der Waals surface area contributed by atoms with Crippen molar-refractivity contribution in [3.05, 3.63) is 90.0 Å². The van der Waals surface area contributed by atoms with E-state index in [1.54, 1.807) is 90.8 Å². The maximum Gasteiger partial charge on any atom is 0.380 e. The first-order chi connectivity index (χ1) is 15.6. The molecule has 0 unspecified atom stereocenters. The molecule has 1 aliphatic carbocycles. The van der Waals surface area contributed by atoms with Gasteiger partial charge in [-0.25, -0.2) is 0 Å². The minimum Gasteiger partial charge on any atom is -0.319 e. The van der Waals surface area contributed by atoms with Gasteiger partial charge in [-0.15, -0.1) is 0 Å². The van der Waals surface area contributed by atoms with Crippen molar-refractivity contribution in [2.45, 2.75) is 31.6 Å². The summed E-state index contributed by atoms with van der Waals surface area (Å²) in [4.78, 5) is 1.53. The van der Waals surface area contributed by atoms with Crippen LogP contribution in [0.2, 0.25) is 0 Å². The SMILES string of the molecule is CC.COI.FC1(F)c2ccc(N(c3ccccc3)c3ccccc3)cc2C(F)(F)C1(F)F. The highest BCUT2D eigenvalue weighted by Gasteiger charge is 2.79. The maximum absolute atomic E-state index is 14.2. The Morgan fingerprint density at radius 2 is 1.03 bits per heavy atom. The third kappa shape index (κ3) is 4.84. The van der Waals surface area contributed by atoms with Crippen molar-refractivity contribution < 1.29 is 29.4 Å². The molecule has 0 saturated heterocycles. The molecule has 0 saturated carbocycles. The third-order valence-electron chi connectivity index (χ3n) is 4.76. The molecule has 0 fully saturated rings. The Labute approximate surface area is 202 Å². The van der Waals surface area contributed by atoms with Crippen LogP contribution in [0.1, 0.15) is 25.0 Å². The van der Waals surface area contributed by atoms with Gasteiger partial charge in [0.15, 0.2) is 0 Å². The molecule has 2 nitrogen and oxygen atoms in total. The minimum atomic E-state index is -5.49. The number of nitrogens with zero attached hydrogens (tertiary/aromatic N) is 1. The predicted molar refractivity (Wildman–Crippen MR) is 126 cm³/mol. The Morgan fingerprint density at radius 3 is 1.45 bits per heavy atom. The van der Waals surface area contributed by atoms with Crippen LogP contribution in [-0.2, 0) is 14.9 Å². The molecule has 3 aromatic rings. The first-order valence-corrected chi connectivity index (χ1v) is 10.8. The second-order valence-electron chi connectivity index (χ2n) is 6.61. The summed E-state index contributed by atoms with van der Waals surface area (Å²) in [5.41, 5.74) is -1.52. The topological polar surface area (TPSA) is 12.5 Å². The highest BCUT2D eigenvalue weighted by Crippen LogP contribution is 2.63. The van der Waals surface area contributed by atoms with E-state index in [0.717, 1.165) is 6.07 Å². The summed E-state index contributed by atoms with van der Waals surface area (Å²) >= 11 is 1.79. The summed E-state index contributed by atoms with van der Waals surface area (Å²) in [6, 6.07) is 19.7. The number of benzene rings is 3. The van der Waals surface area contributed by atoms with Crippen molar-refractivity contribution in [1.29, 1.82) is 0 Å². The fourth-order valence-electron chi connectivity index (χ4n) is 3.34. The van der Waals surface area contributed by atoms with Crippen molar-refractivity contribution in [3.63, 3.8) is 0 Å². The van der Waals surface area contributed by atoms with Gasteiger partial charge in [-0.1, -0.05) is 56.3 Å². The summed E-state index contributed by atoms with van der Waals surface area (Å²) in [5, 5.41) is 0. The predicted octanol–water partition coefficient (Wildman–Crippen LogP) is 9.00. The van der Waals surface area contributed by atoms with Crippen LogP contribution in [0.25, 0.3) is 0 Å². The van der Waals surface area contributed by atoms with Gasteiger partial charge in [0.05, 0.1) is 0 Å². The highest BCUT2D eigenvalue weighted by molar-refractivity contribution is 14.1. The van der Waals surface area contributed by atoms with E-state index in [2.05, 4.69) is 3.07 Å². The fraction of sp³-hybridized carbons (Fsp3) is 0.250. The molecule has 33 heavy (non-hydrogen) atoms. The number of fused-ring (bicyclic) bond motifs is 1. The number of anilines is 3. The number of rotatable bonds is 3. The lowest BCUT2D eigenvalue weighted by atomic mass is 10.1. The van der Waals surface area contributed by atoms with Gasteiger partial charge in [-0.3, -0.25) is 0 Å². The minimum absolute atomic E-state index is 0.0734. The number of hydrogen-bond acceptors (Lipinski definition) is 2. The van der Waals surface area contributed by atoms with Gasteiger partial charge in [0.2, 0.25) is 0 Å². The van der Waals surface area contributed by atoms with Gasteiger partial charge in [0.1, 0.15) is 23.0 Å². The largest absolute Gasteiger partial charge is 0.380 e. The zero-order chi connectivity index (χ0) is 24.9. The molecule has 0 aromatic heterocycles. The van der Waals surface area contributed by atoms with Gasteiger partial charge >= 0.3 is 17.8 Å². The first kappa shape index (κ1) is 27.0. The quantitative estimate of drug-likeness (QED) is 0.226. The number of halogens is 7. The Morgan fingerprint density at radius 1 is 0.636 bits per heavy atom. The van der Waals surface area contributed by atoms with E-state index in [9.17, 15) is 26.3 Å². The van der Waals surface area contributed by atoms with Gasteiger partial charge in [-0.2, -0.15) is 26.3 Å². The van der Waals surface area contributed by atoms with E-state index in [0.29, 0.717) is 23.5 Å². The van der Waals surface area contributed by atoms with Gasteiger partial charge in [0, 0.05) is 35.3 Å². The monoisotopic (exact) mass is 581 g/mol. The van der Waals surface area contributed by atoms with Crippen LogP contribution in [0.15, 0.2) is 78.9 Å². The smallest absolute Gasteiger partial charge is 0.319 e. The molecular weight excluding hydrogens is 559 g/mol. The summed E-state index contributed by atoms with van der Waals surface area (Å²) < 4.78 is 88.0. The Bertz CT molecular complexity index is 992. The van der Waals surface area contributed by atoms with Crippen molar-refractivity contribution in [1.82, 2.24) is 0 Å². The van der Waals surface area contributed by atoms with E-state index in [4.69, 9.17) is 0 Å². The zero-order valence-electron chi connectivity index (χ0n) is 18.0. The second kappa shape index (κ2) is 10.8. The van der Waals surface area contributed by atoms with Crippen molar-refractivity contribution in [2.75, 3.05) is 12.0 Å². The molecule has 1 aliphatic rings. The first-order valence-electron chi connectivity index (χ1n) is 9.93. The Kier molecular flexibility index (Phi) is 8.81. The van der Waals surface area contributed by atoms with Crippen LogP contribution in [0.5, 0.6) is 0 Å². The summed E-state index contributed by atoms with van der Waals surface area (Å²) in [6.45, 7) is 4.00. The average Bonchev–Trinajstić information content (AvgIpc) is 2.92. The van der Waals surface area contributed by atoms with Crippen molar-refractivity contribution in [3.8, 4) is 0 Å². The molecule has 0 spiro atoms. The van der Waals surface area contributed by atoms with Gasteiger partial charge < -0.3 is 7.97 Å². The second-order valence-corrected chi connectivity index (χ2v) is 7.49. The lowest BCUT2D eigenvalue weighted by Gasteiger charge is -2.26. The number of alkyl halides is 6. The highest BCUT2D eigenvalue weighted by atomic mass is 127. The van der Waals surface area contributed by atoms with Gasteiger partial charge in [-0.05, 0) is 36.4 Å². The average molecular weight is 581 g/mol. The van der Waals surface area contributed by atoms with Crippen LogP contribution in [-0.4, -0.2) is 13.0 Å². The van der Waals surface area contributed by atoms with Crippen molar-refractivity contribution >= 4 is 40.1 Å². The molecule has 0 heterocycles. The summed E-state index contributed by atoms with van der Waals surface area (Å²) in [7, 11) is 1.61. The van der Waals surface area contributed by atoms with E-state index >= 15 is 0 Å². The molecule has 0 atom stereocenters. The standard InChI is InChI=1S/C21H13F6N.C2H6.CH3IO/c22-19(23)17-12-11-16(13-18(17)20(24,25)21(19,26)27)28(14-7-3-1-4-8-14)15-9-5-2-6-10-15;1-2;1-3-2/h1-13H;1-2H3;1H3. The Hall–Kier alpha value is -2.27. The normalized spacial score (nSPS) is 16.4. The van der Waals surface area contributed by atoms with Crippen LogP contribution < -0.4 is 4.90 Å². The number of hydrogen-bond donors (Lipinski definition) is 0. The molecule has 0 N–H and O–H groups in total. The third-order valence-corrected chi connectivity index (χ3v) is 4.76. The molecule has 3 aromatic carbocycles. The number of para-hydroxylation sites is 2. The summed E-state index contributed by atoms with van der Waals surface area (Å²) in [6.07, 6.45) is 0. The lowest BCUT2D eigenvalue weighted by Crippen LogP contribution is -2.43. The summed E-state index contributed by atoms with van der Waals surface area (Å²) in [5.74, 6) is -15.4. The zero-order valence-corrected chi connectivity index (χ0v) is 20.2. The van der Waals surface area contributed by atoms with E-state index in [-0.39, 0.29) is 5.69 Å². The van der Waals surface area contributed by atoms with Crippen molar-refractivity contribution in [2.24, 2.45) is 0 Å². The Balaban J connectivity index is 0.000000714. The molecular formula is C24H22F6INO. The van der Waals surface area contributed by atoms with Gasteiger partial charge in [0.25, 0.3) is 0 Å². The van der Waals surface area contributed by atoms with Crippen LogP contribution >= 0.6 is 23.0 Å². The molecule has 0 bridgehead atoms. The van der Waals surface area contributed by atoms with Crippen LogP contribution in [0.3, 0.4) is 0 Å². The van der Waals surface area contributed by atoms with Crippen LogP contribution in [0.4, 0.5) is 43.4 Å². The fourth-order valence-corrected chi connectivity index (χ4v) is 3.34. The maximum atomic E-state index is 14.2. The molecule has 0 aliphatic heterocycles. The van der Waals surface area contributed by atoms with E-state index in [1.807, 2.05) is 13.8 Å². The molecule has 9 heteroatoms. The molecule has 0 amide bonds.